The molecule has 5 heteroatoms. The van der Waals surface area contributed by atoms with Gasteiger partial charge in [-0.2, -0.15) is 0 Å². The van der Waals surface area contributed by atoms with Crippen molar-refractivity contribution in [3.05, 3.63) is 60.0 Å². The molecule has 1 aliphatic carbocycles. The van der Waals surface area contributed by atoms with Crippen LogP contribution in [0.5, 0.6) is 0 Å². The number of hydrogen-bond donors (Lipinski definition) is 1. The molecule has 0 radical (unpaired) electrons. The summed E-state index contributed by atoms with van der Waals surface area (Å²) in [5.74, 6) is -0.345. The van der Waals surface area contributed by atoms with Crippen LogP contribution < -0.4 is 5.32 Å². The minimum atomic E-state index is -0.416. The van der Waals surface area contributed by atoms with Crippen molar-refractivity contribution in [2.45, 2.75) is 29.2 Å². The largest absolute Gasteiger partial charge is 0.352 e. The van der Waals surface area contributed by atoms with E-state index in [1.807, 2.05) is 18.2 Å². The van der Waals surface area contributed by atoms with Crippen LogP contribution >= 0.6 is 11.8 Å². The number of thioether (sulfide) groups is 1. The fraction of sp³-hybridized carbons (Fsp3) is 0.250. The zero-order chi connectivity index (χ0) is 14.7. The fourth-order valence-corrected chi connectivity index (χ4v) is 2.94. The quantitative estimate of drug-likeness (QED) is 0.861. The number of pyridine rings is 1. The van der Waals surface area contributed by atoms with Crippen molar-refractivity contribution in [3.63, 3.8) is 0 Å². The van der Waals surface area contributed by atoms with E-state index >= 15 is 0 Å². The van der Waals surface area contributed by atoms with Gasteiger partial charge in [0, 0.05) is 12.2 Å². The van der Waals surface area contributed by atoms with Crippen LogP contribution in [0.1, 0.15) is 23.7 Å². The average Bonchev–Trinajstić information content (AvgIpc) is 3.31. The molecular weight excluding hydrogens is 287 g/mol. The third-order valence-corrected chi connectivity index (χ3v) is 4.42. The number of benzene rings is 1. The molecule has 1 atom stereocenters. The summed E-state index contributed by atoms with van der Waals surface area (Å²) in [6.45, 7) is 0. The zero-order valence-corrected chi connectivity index (χ0v) is 12.1. The molecule has 1 fully saturated rings. The van der Waals surface area contributed by atoms with Crippen LogP contribution in [-0.2, 0) is 4.79 Å². The molecule has 1 saturated carbocycles. The van der Waals surface area contributed by atoms with E-state index in [1.54, 1.807) is 18.3 Å². The number of rotatable bonds is 5. The van der Waals surface area contributed by atoms with Gasteiger partial charge < -0.3 is 5.32 Å². The summed E-state index contributed by atoms with van der Waals surface area (Å²) < 4.78 is 13.1. The van der Waals surface area contributed by atoms with E-state index in [1.165, 1.54) is 23.9 Å². The van der Waals surface area contributed by atoms with Gasteiger partial charge in [0.05, 0.1) is 5.03 Å². The normalized spacial score (nSPS) is 15.5. The van der Waals surface area contributed by atoms with Crippen LogP contribution in [0, 0.1) is 5.82 Å². The van der Waals surface area contributed by atoms with Gasteiger partial charge in [-0.05, 0) is 42.7 Å². The summed E-state index contributed by atoms with van der Waals surface area (Å²) in [4.78, 5) is 16.7. The number of nitrogens with zero attached hydrogens (tertiary/aromatic N) is 1. The Morgan fingerprint density at radius 2 is 2.00 bits per heavy atom. The first-order chi connectivity index (χ1) is 10.2. The molecule has 1 aromatic heterocycles. The van der Waals surface area contributed by atoms with Gasteiger partial charge in [-0.3, -0.25) is 4.79 Å². The molecule has 1 unspecified atom stereocenters. The lowest BCUT2D eigenvalue weighted by molar-refractivity contribution is -0.120. The molecule has 1 N–H and O–H groups in total. The van der Waals surface area contributed by atoms with Crippen molar-refractivity contribution in [1.82, 2.24) is 10.3 Å². The Morgan fingerprint density at radius 1 is 1.24 bits per heavy atom. The lowest BCUT2D eigenvalue weighted by Gasteiger charge is -2.16. The maximum atomic E-state index is 13.1. The Morgan fingerprint density at radius 3 is 2.62 bits per heavy atom. The number of carbonyl (C=O) groups excluding carboxylic acids is 1. The molecule has 0 bridgehead atoms. The summed E-state index contributed by atoms with van der Waals surface area (Å²) in [6.07, 6.45) is 3.77. The third-order valence-electron chi connectivity index (χ3n) is 3.21. The molecule has 1 amide bonds. The highest BCUT2D eigenvalue weighted by atomic mass is 32.2. The highest BCUT2D eigenvalue weighted by molar-refractivity contribution is 8.00. The number of halogens is 1. The standard InChI is InChI=1S/C16H15FN2OS/c17-12-6-4-11(5-7-12)15(16(20)19-13-8-9-13)21-14-3-1-2-10-18-14/h1-7,10,13,15H,8-9H2,(H,19,20). The first kappa shape index (κ1) is 14.1. The van der Waals surface area contributed by atoms with E-state index in [4.69, 9.17) is 0 Å². The lowest BCUT2D eigenvalue weighted by Crippen LogP contribution is -2.29. The lowest BCUT2D eigenvalue weighted by atomic mass is 10.1. The summed E-state index contributed by atoms with van der Waals surface area (Å²) in [5, 5.41) is 3.37. The maximum Gasteiger partial charge on any atom is 0.238 e. The molecule has 0 spiro atoms. The second kappa shape index (κ2) is 6.26. The van der Waals surface area contributed by atoms with Gasteiger partial charge in [-0.15, -0.1) is 0 Å². The van der Waals surface area contributed by atoms with Crippen LogP contribution in [0.25, 0.3) is 0 Å². The van der Waals surface area contributed by atoms with Crippen LogP contribution in [0.15, 0.2) is 53.7 Å². The number of amides is 1. The molecule has 1 aliphatic rings. The second-order valence-corrected chi connectivity index (χ2v) is 6.13. The third kappa shape index (κ3) is 3.82. The Labute approximate surface area is 127 Å². The summed E-state index contributed by atoms with van der Waals surface area (Å²) >= 11 is 1.38. The van der Waals surface area contributed by atoms with Gasteiger partial charge in [-0.25, -0.2) is 9.37 Å². The first-order valence-corrected chi connectivity index (χ1v) is 7.74. The van der Waals surface area contributed by atoms with Crippen LogP contribution in [0.4, 0.5) is 4.39 Å². The number of aromatic nitrogens is 1. The molecule has 2 aromatic rings. The average molecular weight is 302 g/mol. The van der Waals surface area contributed by atoms with Gasteiger partial charge in [0.25, 0.3) is 0 Å². The predicted octanol–water partition coefficient (Wildman–Crippen LogP) is 3.33. The summed E-state index contributed by atoms with van der Waals surface area (Å²) in [6, 6.07) is 12.0. The van der Waals surface area contributed by atoms with Crippen LogP contribution in [0.3, 0.4) is 0 Å². The van der Waals surface area contributed by atoms with Gasteiger partial charge in [0.15, 0.2) is 0 Å². The van der Waals surface area contributed by atoms with E-state index in [9.17, 15) is 9.18 Å². The minimum absolute atomic E-state index is 0.0419. The Hall–Kier alpha value is -1.88. The van der Waals surface area contributed by atoms with E-state index in [0.29, 0.717) is 6.04 Å². The number of nitrogens with one attached hydrogen (secondary N) is 1. The smallest absolute Gasteiger partial charge is 0.238 e. The SMILES string of the molecule is O=C(NC1CC1)C(Sc1ccccn1)c1ccc(F)cc1. The van der Waals surface area contributed by atoms with Crippen LogP contribution in [0.2, 0.25) is 0 Å². The fourth-order valence-electron chi connectivity index (χ4n) is 1.95. The molecule has 0 aliphatic heterocycles. The zero-order valence-electron chi connectivity index (χ0n) is 11.3. The molecule has 21 heavy (non-hydrogen) atoms. The van der Waals surface area contributed by atoms with E-state index in [-0.39, 0.29) is 11.7 Å². The molecule has 0 saturated heterocycles. The summed E-state index contributed by atoms with van der Waals surface area (Å²) in [7, 11) is 0. The first-order valence-electron chi connectivity index (χ1n) is 6.86. The Balaban J connectivity index is 1.82. The minimum Gasteiger partial charge on any atom is -0.352 e. The number of carbonyl (C=O) groups is 1. The van der Waals surface area contributed by atoms with Crippen molar-refractivity contribution >= 4 is 17.7 Å². The summed E-state index contributed by atoms with van der Waals surface area (Å²) in [5.41, 5.74) is 0.783. The molecule has 108 valence electrons. The van der Waals surface area contributed by atoms with E-state index in [2.05, 4.69) is 10.3 Å². The van der Waals surface area contributed by atoms with E-state index in [0.717, 1.165) is 23.4 Å². The number of hydrogen-bond acceptors (Lipinski definition) is 3. The van der Waals surface area contributed by atoms with Gasteiger partial charge in [0.1, 0.15) is 11.1 Å². The van der Waals surface area contributed by atoms with E-state index < -0.39 is 5.25 Å². The van der Waals surface area contributed by atoms with Gasteiger partial charge >= 0.3 is 0 Å². The van der Waals surface area contributed by atoms with Crippen molar-refractivity contribution in [3.8, 4) is 0 Å². The Kier molecular flexibility index (Phi) is 4.20. The Bertz CT molecular complexity index is 614. The molecule has 3 rings (SSSR count). The topological polar surface area (TPSA) is 42.0 Å². The van der Waals surface area contributed by atoms with Crippen LogP contribution in [-0.4, -0.2) is 16.9 Å². The monoisotopic (exact) mass is 302 g/mol. The van der Waals surface area contributed by atoms with Gasteiger partial charge in [0.2, 0.25) is 5.91 Å². The van der Waals surface area contributed by atoms with Crippen molar-refractivity contribution in [1.29, 1.82) is 0 Å². The molecular formula is C16H15FN2OS. The highest BCUT2D eigenvalue weighted by Gasteiger charge is 2.29. The molecule has 3 nitrogen and oxygen atoms in total. The van der Waals surface area contributed by atoms with Crippen molar-refractivity contribution in [2.75, 3.05) is 0 Å². The van der Waals surface area contributed by atoms with Crippen molar-refractivity contribution in [2.24, 2.45) is 0 Å². The van der Waals surface area contributed by atoms with Gasteiger partial charge in [-0.1, -0.05) is 30.0 Å². The van der Waals surface area contributed by atoms with Crippen molar-refractivity contribution < 1.29 is 9.18 Å². The molecule has 1 heterocycles. The second-order valence-electron chi connectivity index (χ2n) is 5.00. The molecule has 1 aromatic carbocycles. The highest BCUT2D eigenvalue weighted by Crippen LogP contribution is 2.35. The predicted molar refractivity (Wildman–Crippen MR) is 80.4 cm³/mol. The maximum absolute atomic E-state index is 13.1.